The first kappa shape index (κ1) is 17.0. The first-order chi connectivity index (χ1) is 10.6. The number of nitrogens with one attached hydrogen (secondary N) is 1. The highest BCUT2D eigenvalue weighted by Gasteiger charge is 2.27. The summed E-state index contributed by atoms with van der Waals surface area (Å²) in [5, 5.41) is 3.57. The summed E-state index contributed by atoms with van der Waals surface area (Å²) in [6.45, 7) is 6.06. The van der Waals surface area contributed by atoms with E-state index in [2.05, 4.69) is 5.32 Å². The predicted octanol–water partition coefficient (Wildman–Crippen LogP) is 2.69. The second-order valence-corrected chi connectivity index (χ2v) is 6.52. The summed E-state index contributed by atoms with van der Waals surface area (Å²) in [4.78, 5) is 27.6. The number of likely N-dealkylation sites (N-methyl/N-ethyl adjacent to an activating group) is 1. The van der Waals surface area contributed by atoms with Gasteiger partial charge in [-0.05, 0) is 44.3 Å². The van der Waals surface area contributed by atoms with E-state index in [1.54, 1.807) is 0 Å². The molecular formula is C16H24N2O3S. The molecule has 6 heteroatoms. The number of aryl methyl sites for hydroxylation is 1. The number of anilines is 1. The van der Waals surface area contributed by atoms with E-state index >= 15 is 0 Å². The Labute approximate surface area is 135 Å². The van der Waals surface area contributed by atoms with Crippen LogP contribution in [0, 0.1) is 0 Å². The second-order valence-electron chi connectivity index (χ2n) is 5.42. The van der Waals surface area contributed by atoms with Crippen LogP contribution < -0.4 is 5.32 Å². The number of carbonyl (C=O) groups excluding carboxylic acids is 2. The first-order valence-electron chi connectivity index (χ1n) is 7.85. The van der Waals surface area contributed by atoms with Crippen LogP contribution in [0.2, 0.25) is 0 Å². The van der Waals surface area contributed by atoms with Gasteiger partial charge in [-0.15, -0.1) is 11.3 Å². The van der Waals surface area contributed by atoms with Crippen LogP contribution in [-0.4, -0.2) is 43.5 Å². The molecule has 5 nitrogen and oxygen atoms in total. The van der Waals surface area contributed by atoms with Gasteiger partial charge in [-0.3, -0.25) is 9.69 Å². The molecule has 0 unspecified atom stereocenters. The minimum Gasteiger partial charge on any atom is -0.465 e. The lowest BCUT2D eigenvalue weighted by Crippen LogP contribution is -2.33. The molecule has 0 bridgehead atoms. The summed E-state index contributed by atoms with van der Waals surface area (Å²) in [5.74, 6) is -0.426. The van der Waals surface area contributed by atoms with E-state index in [1.807, 2.05) is 18.7 Å². The topological polar surface area (TPSA) is 58.6 Å². The highest BCUT2D eigenvalue weighted by Crippen LogP contribution is 2.38. The standard InChI is InChI=1S/C16H24N2O3S/c1-4-18(5-2)10-13(19)17-15-14(16(20)21-3)11-8-6-7-9-12(11)22-15/h4-10H2,1-3H3,(H,17,19). The maximum Gasteiger partial charge on any atom is 0.341 e. The summed E-state index contributed by atoms with van der Waals surface area (Å²) in [7, 11) is 1.39. The Morgan fingerprint density at radius 3 is 2.55 bits per heavy atom. The molecule has 0 atom stereocenters. The lowest BCUT2D eigenvalue weighted by atomic mass is 9.95. The van der Waals surface area contributed by atoms with Crippen LogP contribution in [0.15, 0.2) is 0 Å². The van der Waals surface area contributed by atoms with Crippen LogP contribution in [0.4, 0.5) is 5.00 Å². The fraction of sp³-hybridized carbons (Fsp3) is 0.625. The number of carbonyl (C=O) groups is 2. The minimum absolute atomic E-state index is 0.0764. The smallest absolute Gasteiger partial charge is 0.341 e. The lowest BCUT2D eigenvalue weighted by molar-refractivity contribution is -0.117. The highest BCUT2D eigenvalue weighted by molar-refractivity contribution is 7.17. The van der Waals surface area contributed by atoms with Gasteiger partial charge in [-0.2, -0.15) is 0 Å². The van der Waals surface area contributed by atoms with Crippen molar-refractivity contribution in [3.63, 3.8) is 0 Å². The zero-order valence-electron chi connectivity index (χ0n) is 13.5. The van der Waals surface area contributed by atoms with Gasteiger partial charge < -0.3 is 10.1 Å². The third kappa shape index (κ3) is 3.67. The third-order valence-electron chi connectivity index (χ3n) is 4.08. The minimum atomic E-state index is -0.350. The van der Waals surface area contributed by atoms with Gasteiger partial charge in [0, 0.05) is 4.88 Å². The number of amides is 1. The summed E-state index contributed by atoms with van der Waals surface area (Å²) >= 11 is 1.52. The Hall–Kier alpha value is -1.40. The van der Waals surface area contributed by atoms with Gasteiger partial charge in [-0.1, -0.05) is 13.8 Å². The molecule has 0 aromatic carbocycles. The van der Waals surface area contributed by atoms with Crippen molar-refractivity contribution in [2.45, 2.75) is 39.5 Å². The number of esters is 1. The van der Waals surface area contributed by atoms with E-state index < -0.39 is 0 Å². The summed E-state index contributed by atoms with van der Waals surface area (Å²) in [6, 6.07) is 0. The van der Waals surface area contributed by atoms with Crippen LogP contribution in [0.1, 0.15) is 47.5 Å². The Kier molecular flexibility index (Phi) is 5.97. The fourth-order valence-corrected chi connectivity index (χ4v) is 4.08. The third-order valence-corrected chi connectivity index (χ3v) is 5.28. The van der Waals surface area contributed by atoms with Gasteiger partial charge in [0.1, 0.15) is 5.00 Å². The molecule has 0 radical (unpaired) electrons. The molecule has 1 heterocycles. The highest BCUT2D eigenvalue weighted by atomic mass is 32.1. The molecule has 1 aliphatic carbocycles. The SMILES string of the molecule is CCN(CC)CC(=O)Nc1sc2c(c1C(=O)OC)CCCC2. The number of ether oxygens (including phenoxy) is 1. The summed E-state index contributed by atoms with van der Waals surface area (Å²) in [6.07, 6.45) is 4.10. The number of fused-ring (bicyclic) bond motifs is 1. The average Bonchev–Trinajstić information content (AvgIpc) is 2.89. The number of methoxy groups -OCH3 is 1. The van der Waals surface area contributed by atoms with Crippen molar-refractivity contribution in [2.75, 3.05) is 32.1 Å². The Morgan fingerprint density at radius 1 is 1.23 bits per heavy atom. The van der Waals surface area contributed by atoms with Gasteiger partial charge in [0.2, 0.25) is 5.91 Å². The van der Waals surface area contributed by atoms with Crippen molar-refractivity contribution < 1.29 is 14.3 Å². The maximum atomic E-state index is 12.2. The molecule has 1 aliphatic rings. The van der Waals surface area contributed by atoms with Gasteiger partial charge in [-0.25, -0.2) is 4.79 Å². The van der Waals surface area contributed by atoms with Gasteiger partial charge in [0.15, 0.2) is 0 Å². The van der Waals surface area contributed by atoms with Crippen LogP contribution in [0.5, 0.6) is 0 Å². The first-order valence-corrected chi connectivity index (χ1v) is 8.67. The largest absolute Gasteiger partial charge is 0.465 e. The molecule has 122 valence electrons. The van der Waals surface area contributed by atoms with Crippen molar-refractivity contribution in [2.24, 2.45) is 0 Å². The monoisotopic (exact) mass is 324 g/mol. The van der Waals surface area contributed by atoms with Gasteiger partial charge in [0.05, 0.1) is 19.2 Å². The quantitative estimate of drug-likeness (QED) is 0.817. The maximum absolute atomic E-state index is 12.2. The number of thiophene rings is 1. The number of nitrogens with zero attached hydrogens (tertiary/aromatic N) is 1. The van der Waals surface area contributed by atoms with Crippen molar-refractivity contribution in [3.05, 3.63) is 16.0 Å². The van der Waals surface area contributed by atoms with Crippen molar-refractivity contribution in [1.29, 1.82) is 0 Å². The molecule has 0 aliphatic heterocycles. The normalized spacial score (nSPS) is 13.8. The molecule has 0 spiro atoms. The Morgan fingerprint density at radius 2 is 1.91 bits per heavy atom. The van der Waals surface area contributed by atoms with Crippen molar-refractivity contribution in [3.8, 4) is 0 Å². The molecule has 22 heavy (non-hydrogen) atoms. The van der Waals surface area contributed by atoms with E-state index in [1.165, 1.54) is 23.3 Å². The molecule has 0 saturated heterocycles. The zero-order chi connectivity index (χ0) is 16.1. The molecule has 1 aromatic rings. The number of hydrogen-bond acceptors (Lipinski definition) is 5. The van der Waals surface area contributed by atoms with Crippen LogP contribution in [-0.2, 0) is 22.4 Å². The van der Waals surface area contributed by atoms with Crippen LogP contribution >= 0.6 is 11.3 Å². The van der Waals surface area contributed by atoms with Crippen LogP contribution in [0.3, 0.4) is 0 Å². The van der Waals surface area contributed by atoms with E-state index in [-0.39, 0.29) is 11.9 Å². The molecular weight excluding hydrogens is 300 g/mol. The zero-order valence-corrected chi connectivity index (χ0v) is 14.3. The second kappa shape index (κ2) is 7.74. The lowest BCUT2D eigenvalue weighted by Gasteiger charge is -2.17. The van der Waals surface area contributed by atoms with E-state index in [0.717, 1.165) is 44.3 Å². The fourth-order valence-electron chi connectivity index (χ4n) is 2.79. The molecule has 0 saturated carbocycles. The van der Waals surface area contributed by atoms with Crippen molar-refractivity contribution in [1.82, 2.24) is 4.90 Å². The predicted molar refractivity (Wildman–Crippen MR) is 88.7 cm³/mol. The molecule has 1 amide bonds. The van der Waals surface area contributed by atoms with E-state index in [9.17, 15) is 9.59 Å². The molecule has 0 fully saturated rings. The number of rotatable bonds is 6. The molecule has 2 rings (SSSR count). The van der Waals surface area contributed by atoms with E-state index in [0.29, 0.717) is 17.1 Å². The summed E-state index contributed by atoms with van der Waals surface area (Å²) in [5.41, 5.74) is 1.64. The summed E-state index contributed by atoms with van der Waals surface area (Å²) < 4.78 is 4.91. The van der Waals surface area contributed by atoms with E-state index in [4.69, 9.17) is 4.74 Å². The average molecular weight is 324 g/mol. The van der Waals surface area contributed by atoms with Crippen LogP contribution in [0.25, 0.3) is 0 Å². The van der Waals surface area contributed by atoms with Crippen molar-refractivity contribution >= 4 is 28.2 Å². The van der Waals surface area contributed by atoms with Gasteiger partial charge >= 0.3 is 5.97 Å². The Balaban J connectivity index is 2.21. The number of hydrogen-bond donors (Lipinski definition) is 1. The Bertz CT molecular complexity index is 550. The molecule has 1 aromatic heterocycles. The van der Waals surface area contributed by atoms with Gasteiger partial charge in [0.25, 0.3) is 0 Å². The molecule has 1 N–H and O–H groups in total.